The molecular weight excluding hydrogens is 295 g/mol. The Kier molecular flexibility index (Phi) is 5.25. The van der Waals surface area contributed by atoms with Gasteiger partial charge >= 0.3 is 0 Å². The average Bonchev–Trinajstić information content (AvgIpc) is 2.52. The van der Waals surface area contributed by atoms with Crippen molar-refractivity contribution in [2.75, 3.05) is 19.4 Å². The third-order valence-electron chi connectivity index (χ3n) is 3.06. The van der Waals surface area contributed by atoms with E-state index in [4.69, 9.17) is 0 Å². The number of halogens is 1. The lowest BCUT2D eigenvalue weighted by atomic mass is 10.1. The highest BCUT2D eigenvalue weighted by Gasteiger charge is 2.08. The summed E-state index contributed by atoms with van der Waals surface area (Å²) in [6, 6.07) is 12.6. The number of anilines is 1. The smallest absolute Gasteiger partial charge is 0.253 e. The van der Waals surface area contributed by atoms with Gasteiger partial charge < -0.3 is 10.2 Å². The number of nitrogens with one attached hydrogen (secondary N) is 1. The van der Waals surface area contributed by atoms with Crippen LogP contribution >= 0.6 is 0 Å². The zero-order valence-electron chi connectivity index (χ0n) is 12.9. The number of carbonyl (C=O) groups excluding carboxylic acids is 2. The van der Waals surface area contributed by atoms with Gasteiger partial charge in [-0.05, 0) is 42.0 Å². The second-order valence-electron chi connectivity index (χ2n) is 5.16. The van der Waals surface area contributed by atoms with E-state index in [1.807, 2.05) is 0 Å². The number of amides is 2. The van der Waals surface area contributed by atoms with Gasteiger partial charge in [-0.2, -0.15) is 0 Å². The van der Waals surface area contributed by atoms with Crippen LogP contribution in [0.15, 0.2) is 54.6 Å². The third-order valence-corrected chi connectivity index (χ3v) is 3.06. The van der Waals surface area contributed by atoms with Gasteiger partial charge in [-0.25, -0.2) is 4.39 Å². The lowest BCUT2D eigenvalue weighted by Crippen LogP contribution is -2.21. The number of hydrogen-bond acceptors (Lipinski definition) is 2. The Morgan fingerprint density at radius 3 is 2.52 bits per heavy atom. The molecule has 0 fully saturated rings. The van der Waals surface area contributed by atoms with Crippen molar-refractivity contribution in [2.24, 2.45) is 0 Å². The molecule has 0 bridgehead atoms. The molecule has 0 unspecified atom stereocenters. The van der Waals surface area contributed by atoms with Crippen LogP contribution in [0.3, 0.4) is 0 Å². The van der Waals surface area contributed by atoms with E-state index in [0.717, 1.165) is 0 Å². The second-order valence-corrected chi connectivity index (χ2v) is 5.16. The highest BCUT2D eigenvalue weighted by Crippen LogP contribution is 2.12. The molecule has 0 heterocycles. The van der Waals surface area contributed by atoms with E-state index >= 15 is 0 Å². The highest BCUT2D eigenvalue weighted by molar-refractivity contribution is 6.03. The van der Waals surface area contributed by atoms with Crippen LogP contribution in [0.25, 0.3) is 6.08 Å². The summed E-state index contributed by atoms with van der Waals surface area (Å²) in [7, 11) is 3.32. The van der Waals surface area contributed by atoms with Crippen LogP contribution < -0.4 is 5.32 Å². The van der Waals surface area contributed by atoms with Gasteiger partial charge in [0.2, 0.25) is 5.91 Å². The minimum Gasteiger partial charge on any atom is -0.345 e. The lowest BCUT2D eigenvalue weighted by Gasteiger charge is -2.11. The van der Waals surface area contributed by atoms with Crippen molar-refractivity contribution in [2.45, 2.75) is 0 Å². The molecule has 0 spiro atoms. The van der Waals surface area contributed by atoms with Gasteiger partial charge in [-0.1, -0.05) is 18.2 Å². The maximum absolute atomic E-state index is 13.1. The van der Waals surface area contributed by atoms with Crippen molar-refractivity contribution in [3.63, 3.8) is 0 Å². The maximum Gasteiger partial charge on any atom is 0.253 e. The van der Waals surface area contributed by atoms with Gasteiger partial charge in [0.15, 0.2) is 0 Å². The average molecular weight is 312 g/mol. The fourth-order valence-electron chi connectivity index (χ4n) is 1.95. The predicted octanol–water partition coefficient (Wildman–Crippen LogP) is 3.18. The molecule has 2 aromatic rings. The number of nitrogens with zero attached hydrogens (tertiary/aromatic N) is 1. The van der Waals surface area contributed by atoms with Crippen molar-refractivity contribution in [3.05, 3.63) is 71.6 Å². The molecule has 1 N–H and O–H groups in total. The number of carbonyl (C=O) groups is 2. The Morgan fingerprint density at radius 2 is 1.83 bits per heavy atom. The minimum absolute atomic E-state index is 0.142. The molecule has 2 amide bonds. The van der Waals surface area contributed by atoms with Crippen molar-refractivity contribution in [3.8, 4) is 0 Å². The topological polar surface area (TPSA) is 49.4 Å². The number of hydrogen-bond donors (Lipinski definition) is 1. The van der Waals surface area contributed by atoms with Gasteiger partial charge in [-0.15, -0.1) is 0 Å². The summed E-state index contributed by atoms with van der Waals surface area (Å²) in [6.45, 7) is 0. The molecular formula is C18H17FN2O2. The van der Waals surface area contributed by atoms with Gasteiger partial charge in [0.1, 0.15) is 5.82 Å². The fraction of sp³-hybridized carbons (Fsp3) is 0.111. The largest absolute Gasteiger partial charge is 0.345 e. The minimum atomic E-state index is -0.359. The quantitative estimate of drug-likeness (QED) is 0.882. The molecule has 0 saturated carbocycles. The molecule has 23 heavy (non-hydrogen) atoms. The van der Waals surface area contributed by atoms with Crippen LogP contribution in [0.1, 0.15) is 15.9 Å². The standard InChI is InChI=1S/C18H17FN2O2/c1-21(2)18(23)14-6-4-8-16(12-14)20-17(22)10-9-13-5-3-7-15(19)11-13/h3-12H,1-2H3,(H,20,22)/b10-9+. The van der Waals surface area contributed by atoms with E-state index in [2.05, 4.69) is 5.32 Å². The summed E-state index contributed by atoms with van der Waals surface area (Å²) < 4.78 is 13.1. The maximum atomic E-state index is 13.1. The zero-order chi connectivity index (χ0) is 16.8. The van der Waals surface area contributed by atoms with Crippen molar-refractivity contribution < 1.29 is 14.0 Å². The summed E-state index contributed by atoms with van der Waals surface area (Å²) in [5, 5.41) is 2.67. The summed E-state index contributed by atoms with van der Waals surface area (Å²) in [5.41, 5.74) is 1.60. The number of rotatable bonds is 4. The second kappa shape index (κ2) is 7.35. The molecule has 118 valence electrons. The first-order chi connectivity index (χ1) is 11.0. The third kappa shape index (κ3) is 4.78. The van der Waals surface area contributed by atoms with Crippen LogP contribution in [-0.2, 0) is 4.79 Å². The Labute approximate surface area is 134 Å². The summed E-state index contributed by atoms with van der Waals surface area (Å²) >= 11 is 0. The molecule has 0 aromatic heterocycles. The number of benzene rings is 2. The molecule has 0 atom stereocenters. The Bertz CT molecular complexity index is 754. The summed E-state index contributed by atoms with van der Waals surface area (Å²) in [4.78, 5) is 25.3. The first-order valence-corrected chi connectivity index (χ1v) is 7.02. The van der Waals surface area contributed by atoms with Crippen LogP contribution in [0, 0.1) is 5.82 Å². The molecule has 2 aromatic carbocycles. The molecule has 0 aliphatic rings. The van der Waals surface area contributed by atoms with Gasteiger partial charge in [0.05, 0.1) is 0 Å². The Hall–Kier alpha value is -2.95. The van der Waals surface area contributed by atoms with Crippen LogP contribution in [0.4, 0.5) is 10.1 Å². The van der Waals surface area contributed by atoms with Gasteiger partial charge in [0.25, 0.3) is 5.91 Å². The fourth-order valence-corrected chi connectivity index (χ4v) is 1.95. The van der Waals surface area contributed by atoms with Crippen molar-refractivity contribution >= 4 is 23.6 Å². The van der Waals surface area contributed by atoms with E-state index in [-0.39, 0.29) is 17.6 Å². The molecule has 0 saturated heterocycles. The van der Waals surface area contributed by atoms with Crippen LogP contribution in [0.2, 0.25) is 0 Å². The van der Waals surface area contributed by atoms with Gasteiger partial charge in [0, 0.05) is 31.4 Å². The molecule has 2 rings (SSSR count). The van der Waals surface area contributed by atoms with E-state index in [1.165, 1.54) is 29.2 Å². The molecule has 5 heteroatoms. The Morgan fingerprint density at radius 1 is 1.09 bits per heavy atom. The SMILES string of the molecule is CN(C)C(=O)c1cccc(NC(=O)/C=C/c2cccc(F)c2)c1. The highest BCUT2D eigenvalue weighted by atomic mass is 19.1. The predicted molar refractivity (Wildman–Crippen MR) is 88.5 cm³/mol. The van der Waals surface area contributed by atoms with Crippen molar-refractivity contribution in [1.82, 2.24) is 4.90 Å². The normalized spacial score (nSPS) is 10.6. The van der Waals surface area contributed by atoms with E-state index in [0.29, 0.717) is 16.8 Å². The van der Waals surface area contributed by atoms with Crippen LogP contribution in [0.5, 0.6) is 0 Å². The van der Waals surface area contributed by atoms with Crippen molar-refractivity contribution in [1.29, 1.82) is 0 Å². The van der Waals surface area contributed by atoms with E-state index < -0.39 is 0 Å². The molecule has 0 aliphatic carbocycles. The summed E-state index contributed by atoms with van der Waals surface area (Å²) in [5.74, 6) is -0.859. The lowest BCUT2D eigenvalue weighted by molar-refractivity contribution is -0.111. The summed E-state index contributed by atoms with van der Waals surface area (Å²) in [6.07, 6.45) is 2.84. The monoisotopic (exact) mass is 312 g/mol. The molecule has 0 radical (unpaired) electrons. The first kappa shape index (κ1) is 16.4. The molecule has 0 aliphatic heterocycles. The zero-order valence-corrected chi connectivity index (χ0v) is 12.9. The molecule has 4 nitrogen and oxygen atoms in total. The van der Waals surface area contributed by atoms with E-state index in [9.17, 15) is 14.0 Å². The van der Waals surface area contributed by atoms with E-state index in [1.54, 1.807) is 50.5 Å². The Balaban J connectivity index is 2.06. The first-order valence-electron chi connectivity index (χ1n) is 7.02. The van der Waals surface area contributed by atoms with Crippen LogP contribution in [-0.4, -0.2) is 30.8 Å². The van der Waals surface area contributed by atoms with Gasteiger partial charge in [-0.3, -0.25) is 9.59 Å².